The molecule has 1 aliphatic rings. The van der Waals surface area contributed by atoms with Crippen molar-refractivity contribution < 1.29 is 9.18 Å². The molecule has 6 heteroatoms. The van der Waals surface area contributed by atoms with E-state index in [1.807, 2.05) is 6.07 Å². The van der Waals surface area contributed by atoms with Crippen LogP contribution in [0.5, 0.6) is 0 Å². The minimum absolute atomic E-state index is 0.142. The monoisotopic (exact) mass is 411 g/mol. The lowest BCUT2D eigenvalue weighted by molar-refractivity contribution is -0.113. The average molecular weight is 412 g/mol. The van der Waals surface area contributed by atoms with E-state index in [1.54, 1.807) is 0 Å². The molecule has 1 atom stereocenters. The van der Waals surface area contributed by atoms with Crippen LogP contribution in [-0.4, -0.2) is 16.6 Å². The highest BCUT2D eigenvalue weighted by molar-refractivity contribution is 8.00. The van der Waals surface area contributed by atoms with Gasteiger partial charge in [0.1, 0.15) is 16.9 Å². The van der Waals surface area contributed by atoms with Crippen molar-refractivity contribution in [2.75, 3.05) is 11.1 Å². The summed E-state index contributed by atoms with van der Waals surface area (Å²) in [5.74, 6) is 0.172. The molecule has 29 heavy (non-hydrogen) atoms. The summed E-state index contributed by atoms with van der Waals surface area (Å²) < 4.78 is 13.0. The second-order valence-corrected chi connectivity index (χ2v) is 9.15. The number of halogens is 1. The first kappa shape index (κ1) is 21.3. The predicted octanol–water partition coefficient (Wildman–Crippen LogP) is 5.36. The molecular weight excluding hydrogens is 385 g/mol. The van der Waals surface area contributed by atoms with E-state index in [4.69, 9.17) is 4.98 Å². The summed E-state index contributed by atoms with van der Waals surface area (Å²) in [6.45, 7) is 6.85. The number of pyridine rings is 1. The van der Waals surface area contributed by atoms with Crippen molar-refractivity contribution in [2.24, 2.45) is 11.3 Å². The number of aryl methyl sites for hydroxylation is 1. The largest absolute Gasteiger partial charge is 0.325 e. The van der Waals surface area contributed by atoms with Crippen molar-refractivity contribution in [2.45, 2.75) is 51.5 Å². The van der Waals surface area contributed by atoms with Crippen molar-refractivity contribution in [1.82, 2.24) is 4.98 Å². The van der Waals surface area contributed by atoms with Gasteiger partial charge in [0.25, 0.3) is 0 Å². The van der Waals surface area contributed by atoms with E-state index in [0.717, 1.165) is 31.4 Å². The fraction of sp³-hybridized carbons (Fsp3) is 0.435. The van der Waals surface area contributed by atoms with E-state index in [-0.39, 0.29) is 22.9 Å². The second-order valence-electron chi connectivity index (χ2n) is 8.18. The Morgan fingerprint density at radius 1 is 1.38 bits per heavy atom. The first-order valence-corrected chi connectivity index (χ1v) is 10.9. The Bertz CT molecular complexity index is 934. The van der Waals surface area contributed by atoms with Crippen LogP contribution < -0.4 is 5.32 Å². The molecule has 1 unspecified atom stereocenters. The van der Waals surface area contributed by atoms with E-state index >= 15 is 0 Å². The molecule has 1 aromatic heterocycles. The average Bonchev–Trinajstić information content (AvgIpc) is 2.72. The van der Waals surface area contributed by atoms with E-state index in [1.165, 1.54) is 41.6 Å². The van der Waals surface area contributed by atoms with Crippen molar-refractivity contribution in [3.05, 3.63) is 53.0 Å². The summed E-state index contributed by atoms with van der Waals surface area (Å²) in [6.07, 6.45) is 4.09. The fourth-order valence-corrected chi connectivity index (χ4v) is 4.43. The number of carbonyl (C=O) groups excluding carboxylic acids is 1. The van der Waals surface area contributed by atoms with E-state index in [2.05, 4.69) is 32.2 Å². The van der Waals surface area contributed by atoms with Crippen LogP contribution in [0.1, 0.15) is 50.4 Å². The number of hydrogen-bond acceptors (Lipinski definition) is 4. The van der Waals surface area contributed by atoms with Crippen LogP contribution in [0.4, 0.5) is 10.1 Å². The first-order valence-electron chi connectivity index (χ1n) is 9.93. The van der Waals surface area contributed by atoms with Gasteiger partial charge in [0, 0.05) is 11.4 Å². The Balaban J connectivity index is 1.68. The molecular formula is C23H26FN3OS. The number of carbonyl (C=O) groups is 1. The molecule has 152 valence electrons. The lowest BCUT2D eigenvalue weighted by atomic mass is 9.69. The highest BCUT2D eigenvalue weighted by atomic mass is 32.2. The van der Waals surface area contributed by atoms with E-state index in [0.29, 0.717) is 22.2 Å². The van der Waals surface area contributed by atoms with Gasteiger partial charge in [-0.1, -0.05) is 39.0 Å². The summed E-state index contributed by atoms with van der Waals surface area (Å²) in [5.41, 5.74) is 3.56. The first-order chi connectivity index (χ1) is 13.8. The van der Waals surface area contributed by atoms with Crippen molar-refractivity contribution in [3.8, 4) is 6.07 Å². The molecule has 3 rings (SSSR count). The standard InChI is InChI=1S/C23H26FN3OS/c1-4-23(2,3)17-5-10-20-15(12-17)11-16(13-25)22(27-20)29-14-21(28)26-19-8-6-18(24)7-9-19/h6-9,11,17H,4-5,10,12,14H2,1-3H3,(H,26,28). The lowest BCUT2D eigenvalue weighted by Gasteiger charge is -2.37. The number of nitriles is 1. The van der Waals surface area contributed by atoms with E-state index < -0.39 is 0 Å². The molecule has 1 aliphatic carbocycles. The van der Waals surface area contributed by atoms with Crippen molar-refractivity contribution >= 4 is 23.4 Å². The fourth-order valence-electron chi connectivity index (χ4n) is 3.66. The van der Waals surface area contributed by atoms with Gasteiger partial charge in [-0.15, -0.1) is 0 Å². The number of hydrogen-bond donors (Lipinski definition) is 1. The highest BCUT2D eigenvalue weighted by Gasteiger charge is 2.32. The van der Waals surface area contributed by atoms with Crippen LogP contribution in [-0.2, 0) is 17.6 Å². The van der Waals surface area contributed by atoms with Gasteiger partial charge < -0.3 is 5.32 Å². The third kappa shape index (κ3) is 5.16. The zero-order valence-electron chi connectivity index (χ0n) is 17.1. The Labute approximate surface area is 175 Å². The summed E-state index contributed by atoms with van der Waals surface area (Å²) >= 11 is 1.27. The zero-order valence-corrected chi connectivity index (χ0v) is 17.9. The van der Waals surface area contributed by atoms with Crippen LogP contribution in [0.3, 0.4) is 0 Å². The van der Waals surface area contributed by atoms with Gasteiger partial charge in [-0.25, -0.2) is 9.37 Å². The molecule has 1 N–H and O–H groups in total. The Morgan fingerprint density at radius 3 is 2.76 bits per heavy atom. The van der Waals surface area contributed by atoms with Crippen LogP contribution >= 0.6 is 11.8 Å². The molecule has 1 aromatic carbocycles. The maximum atomic E-state index is 13.0. The number of thioether (sulfide) groups is 1. The molecule has 1 amide bonds. The van der Waals surface area contributed by atoms with Gasteiger partial charge in [0.15, 0.2) is 0 Å². The molecule has 0 bridgehead atoms. The number of fused-ring (bicyclic) bond motifs is 1. The van der Waals surface area contributed by atoms with Crippen LogP contribution in [0.25, 0.3) is 0 Å². The molecule has 0 spiro atoms. The van der Waals surface area contributed by atoms with Gasteiger partial charge in [0.05, 0.1) is 11.3 Å². The van der Waals surface area contributed by atoms with Crippen LogP contribution in [0.2, 0.25) is 0 Å². The Hall–Kier alpha value is -2.39. The highest BCUT2D eigenvalue weighted by Crippen LogP contribution is 2.40. The number of nitrogens with one attached hydrogen (secondary N) is 1. The smallest absolute Gasteiger partial charge is 0.234 e. The lowest BCUT2D eigenvalue weighted by Crippen LogP contribution is -2.29. The third-order valence-electron chi connectivity index (χ3n) is 5.96. The molecule has 0 fully saturated rings. The summed E-state index contributed by atoms with van der Waals surface area (Å²) in [5, 5.41) is 12.9. The van der Waals surface area contributed by atoms with Gasteiger partial charge in [-0.05, 0) is 66.5 Å². The van der Waals surface area contributed by atoms with Gasteiger partial charge in [-0.3, -0.25) is 4.79 Å². The minimum Gasteiger partial charge on any atom is -0.325 e. The number of benzene rings is 1. The molecule has 4 nitrogen and oxygen atoms in total. The van der Waals surface area contributed by atoms with Gasteiger partial charge in [0.2, 0.25) is 5.91 Å². The maximum Gasteiger partial charge on any atom is 0.234 e. The van der Waals surface area contributed by atoms with Gasteiger partial charge >= 0.3 is 0 Å². The normalized spacial score (nSPS) is 16.0. The predicted molar refractivity (Wildman–Crippen MR) is 114 cm³/mol. The summed E-state index contributed by atoms with van der Waals surface area (Å²) in [6, 6.07) is 9.83. The van der Waals surface area contributed by atoms with Crippen LogP contribution in [0.15, 0.2) is 35.4 Å². The van der Waals surface area contributed by atoms with Crippen molar-refractivity contribution in [3.63, 3.8) is 0 Å². The maximum absolute atomic E-state index is 13.0. The summed E-state index contributed by atoms with van der Waals surface area (Å²) in [7, 11) is 0. The van der Waals surface area contributed by atoms with E-state index in [9.17, 15) is 14.4 Å². The molecule has 1 heterocycles. The molecule has 0 saturated carbocycles. The summed E-state index contributed by atoms with van der Waals surface area (Å²) in [4.78, 5) is 16.9. The van der Waals surface area contributed by atoms with Crippen LogP contribution in [0, 0.1) is 28.5 Å². The zero-order chi connectivity index (χ0) is 21.0. The number of nitrogens with zero attached hydrogens (tertiary/aromatic N) is 2. The number of anilines is 1. The molecule has 0 aliphatic heterocycles. The second kappa shape index (κ2) is 8.96. The Morgan fingerprint density at radius 2 is 2.10 bits per heavy atom. The number of rotatable bonds is 6. The van der Waals surface area contributed by atoms with Gasteiger partial charge in [-0.2, -0.15) is 5.26 Å². The Kier molecular flexibility index (Phi) is 6.59. The minimum atomic E-state index is -0.348. The molecule has 0 radical (unpaired) electrons. The topological polar surface area (TPSA) is 65.8 Å². The number of aromatic nitrogens is 1. The SMILES string of the molecule is CCC(C)(C)C1CCc2nc(SCC(=O)Nc3ccc(F)cc3)c(C#N)cc2C1. The molecule has 2 aromatic rings. The van der Waals surface area contributed by atoms with Crippen molar-refractivity contribution in [1.29, 1.82) is 5.26 Å². The molecule has 0 saturated heterocycles. The quantitative estimate of drug-likeness (QED) is 0.650. The number of amides is 1. The third-order valence-corrected chi connectivity index (χ3v) is 6.95.